The minimum atomic E-state index is -0.536. The number of likely N-dealkylation sites (tertiary alicyclic amines) is 1. The number of amides is 2. The van der Waals surface area contributed by atoms with Crippen molar-refractivity contribution in [2.24, 2.45) is 5.41 Å². The summed E-state index contributed by atoms with van der Waals surface area (Å²) in [6.07, 6.45) is 4.31. The Hall–Kier alpha value is -1.10. The van der Waals surface area contributed by atoms with Gasteiger partial charge in [-0.3, -0.25) is 9.59 Å². The lowest BCUT2D eigenvalue weighted by atomic mass is 9.90. The number of piperidine rings is 1. The van der Waals surface area contributed by atoms with Crippen LogP contribution in [-0.2, 0) is 9.59 Å². The number of carbonyl (C=O) groups excluding carboxylic acids is 2. The molecule has 1 atom stereocenters. The molecule has 1 saturated carbocycles. The van der Waals surface area contributed by atoms with Crippen molar-refractivity contribution in [2.75, 3.05) is 20.1 Å². The van der Waals surface area contributed by atoms with Crippen molar-refractivity contribution in [3.8, 4) is 0 Å². The van der Waals surface area contributed by atoms with Gasteiger partial charge in [-0.1, -0.05) is 0 Å². The number of carbonyl (C=O) groups is 2. The van der Waals surface area contributed by atoms with E-state index in [1.54, 1.807) is 7.05 Å². The second-order valence-corrected chi connectivity index (χ2v) is 6.36. The number of nitrogens with one attached hydrogen (secondary N) is 2. The first-order valence-electron chi connectivity index (χ1n) is 7.21. The van der Waals surface area contributed by atoms with Gasteiger partial charge in [-0.15, -0.1) is 0 Å². The third-order valence-electron chi connectivity index (χ3n) is 3.97. The van der Waals surface area contributed by atoms with Gasteiger partial charge in [0.15, 0.2) is 0 Å². The standard InChI is InChI=1S/C14H25N3O2/c1-14(2,13(19)15-3)9-17-8-4-5-11(12(17)18)16-10-6-7-10/h10-11,16H,4-9H2,1-3H3,(H,15,19). The molecule has 1 aliphatic carbocycles. The maximum absolute atomic E-state index is 12.4. The first-order valence-corrected chi connectivity index (χ1v) is 7.21. The van der Waals surface area contributed by atoms with Gasteiger partial charge in [0.25, 0.3) is 0 Å². The zero-order valence-electron chi connectivity index (χ0n) is 12.2. The van der Waals surface area contributed by atoms with E-state index < -0.39 is 5.41 Å². The molecule has 1 unspecified atom stereocenters. The van der Waals surface area contributed by atoms with Crippen LogP contribution in [0.4, 0.5) is 0 Å². The first kappa shape index (κ1) is 14.3. The molecule has 1 heterocycles. The van der Waals surface area contributed by atoms with Crippen LogP contribution in [0.3, 0.4) is 0 Å². The largest absolute Gasteiger partial charge is 0.359 e. The van der Waals surface area contributed by atoms with E-state index in [1.165, 1.54) is 12.8 Å². The highest BCUT2D eigenvalue weighted by molar-refractivity contribution is 5.85. The molecule has 2 N–H and O–H groups in total. The summed E-state index contributed by atoms with van der Waals surface area (Å²) in [6.45, 7) is 5.03. The molecule has 2 fully saturated rings. The summed E-state index contributed by atoms with van der Waals surface area (Å²) < 4.78 is 0. The average molecular weight is 267 g/mol. The lowest BCUT2D eigenvalue weighted by Gasteiger charge is -2.37. The van der Waals surface area contributed by atoms with Crippen LogP contribution in [0.5, 0.6) is 0 Å². The molecule has 2 rings (SSSR count). The quantitative estimate of drug-likeness (QED) is 0.762. The van der Waals surface area contributed by atoms with Gasteiger partial charge < -0.3 is 15.5 Å². The first-order chi connectivity index (χ1) is 8.94. The van der Waals surface area contributed by atoms with Crippen LogP contribution < -0.4 is 10.6 Å². The van der Waals surface area contributed by atoms with Gasteiger partial charge in [-0.2, -0.15) is 0 Å². The van der Waals surface area contributed by atoms with Crippen molar-refractivity contribution in [3.63, 3.8) is 0 Å². The molecule has 2 amide bonds. The third kappa shape index (κ3) is 3.47. The summed E-state index contributed by atoms with van der Waals surface area (Å²) in [5.74, 6) is 0.146. The van der Waals surface area contributed by atoms with Gasteiger partial charge in [0.05, 0.1) is 11.5 Å². The lowest BCUT2D eigenvalue weighted by molar-refractivity contribution is -0.140. The van der Waals surface area contributed by atoms with Gasteiger partial charge in [-0.05, 0) is 39.5 Å². The van der Waals surface area contributed by atoms with Crippen molar-refractivity contribution in [1.82, 2.24) is 15.5 Å². The van der Waals surface area contributed by atoms with Crippen molar-refractivity contribution in [3.05, 3.63) is 0 Å². The molecule has 5 nitrogen and oxygen atoms in total. The Morgan fingerprint density at radius 3 is 2.63 bits per heavy atom. The van der Waals surface area contributed by atoms with Crippen LogP contribution in [-0.4, -0.2) is 48.9 Å². The normalized spacial score (nSPS) is 24.5. The zero-order chi connectivity index (χ0) is 14.0. The summed E-state index contributed by atoms with van der Waals surface area (Å²) in [7, 11) is 1.64. The van der Waals surface area contributed by atoms with E-state index in [4.69, 9.17) is 0 Å². The van der Waals surface area contributed by atoms with Crippen molar-refractivity contribution in [1.29, 1.82) is 0 Å². The second-order valence-electron chi connectivity index (χ2n) is 6.36. The van der Waals surface area contributed by atoms with E-state index >= 15 is 0 Å². The summed E-state index contributed by atoms with van der Waals surface area (Å²) in [4.78, 5) is 26.1. The Morgan fingerprint density at radius 2 is 2.05 bits per heavy atom. The van der Waals surface area contributed by atoms with E-state index in [0.29, 0.717) is 12.6 Å². The Labute approximate surface area is 115 Å². The molecule has 108 valence electrons. The van der Waals surface area contributed by atoms with Crippen LogP contribution in [0.15, 0.2) is 0 Å². The third-order valence-corrected chi connectivity index (χ3v) is 3.97. The van der Waals surface area contributed by atoms with Crippen molar-refractivity contribution < 1.29 is 9.59 Å². The molecular weight excluding hydrogens is 242 g/mol. The Bertz CT molecular complexity index is 364. The SMILES string of the molecule is CNC(=O)C(C)(C)CN1CCCC(NC2CC2)C1=O. The highest BCUT2D eigenvalue weighted by Crippen LogP contribution is 2.24. The van der Waals surface area contributed by atoms with Crippen LogP contribution >= 0.6 is 0 Å². The fraction of sp³-hybridized carbons (Fsp3) is 0.857. The molecule has 19 heavy (non-hydrogen) atoms. The number of rotatable bonds is 5. The molecule has 0 aromatic carbocycles. The smallest absolute Gasteiger partial charge is 0.239 e. The van der Waals surface area contributed by atoms with E-state index in [9.17, 15) is 9.59 Å². The molecular formula is C14H25N3O2. The molecule has 1 saturated heterocycles. The van der Waals surface area contributed by atoms with E-state index in [1.807, 2.05) is 18.7 Å². The van der Waals surface area contributed by atoms with E-state index in [-0.39, 0.29) is 17.9 Å². The summed E-state index contributed by atoms with van der Waals surface area (Å²) in [5, 5.41) is 6.08. The molecule has 2 aliphatic rings. The number of hydrogen-bond acceptors (Lipinski definition) is 3. The van der Waals surface area contributed by atoms with Gasteiger partial charge in [0.1, 0.15) is 0 Å². The fourth-order valence-corrected chi connectivity index (χ4v) is 2.67. The Balaban J connectivity index is 1.95. The molecule has 0 aromatic heterocycles. The fourth-order valence-electron chi connectivity index (χ4n) is 2.67. The predicted octanol–water partition coefficient (Wildman–Crippen LogP) is 0.502. The minimum absolute atomic E-state index is 0.0161. The lowest BCUT2D eigenvalue weighted by Crippen LogP contribution is -2.55. The Kier molecular flexibility index (Phi) is 4.13. The molecule has 0 radical (unpaired) electrons. The topological polar surface area (TPSA) is 61.4 Å². The monoisotopic (exact) mass is 267 g/mol. The van der Waals surface area contributed by atoms with Gasteiger partial charge in [0, 0.05) is 26.2 Å². The van der Waals surface area contributed by atoms with E-state index in [0.717, 1.165) is 19.4 Å². The maximum atomic E-state index is 12.4. The number of nitrogens with zero attached hydrogens (tertiary/aromatic N) is 1. The summed E-state index contributed by atoms with van der Waals surface area (Å²) in [6, 6.07) is 0.502. The Morgan fingerprint density at radius 1 is 1.37 bits per heavy atom. The van der Waals surface area contributed by atoms with Gasteiger partial charge >= 0.3 is 0 Å². The van der Waals surface area contributed by atoms with Crippen LogP contribution in [0.25, 0.3) is 0 Å². The van der Waals surface area contributed by atoms with E-state index in [2.05, 4.69) is 10.6 Å². The molecule has 5 heteroatoms. The second kappa shape index (κ2) is 5.49. The van der Waals surface area contributed by atoms with Crippen LogP contribution in [0.1, 0.15) is 39.5 Å². The predicted molar refractivity (Wildman–Crippen MR) is 73.6 cm³/mol. The summed E-state index contributed by atoms with van der Waals surface area (Å²) in [5.41, 5.74) is -0.536. The zero-order valence-corrected chi connectivity index (χ0v) is 12.2. The highest BCUT2D eigenvalue weighted by Gasteiger charge is 2.37. The number of hydrogen-bond donors (Lipinski definition) is 2. The van der Waals surface area contributed by atoms with Gasteiger partial charge in [-0.25, -0.2) is 0 Å². The maximum Gasteiger partial charge on any atom is 0.239 e. The summed E-state index contributed by atoms with van der Waals surface area (Å²) >= 11 is 0. The molecule has 1 aliphatic heterocycles. The molecule has 0 bridgehead atoms. The minimum Gasteiger partial charge on any atom is -0.359 e. The van der Waals surface area contributed by atoms with Crippen molar-refractivity contribution in [2.45, 2.75) is 51.6 Å². The van der Waals surface area contributed by atoms with Crippen molar-refractivity contribution >= 4 is 11.8 Å². The molecule has 0 aromatic rings. The van der Waals surface area contributed by atoms with Crippen LogP contribution in [0.2, 0.25) is 0 Å². The highest BCUT2D eigenvalue weighted by atomic mass is 16.2. The van der Waals surface area contributed by atoms with Gasteiger partial charge in [0.2, 0.25) is 11.8 Å². The van der Waals surface area contributed by atoms with Crippen LogP contribution in [0, 0.1) is 5.41 Å². The molecule has 0 spiro atoms. The average Bonchev–Trinajstić information content (AvgIpc) is 3.17.